The van der Waals surface area contributed by atoms with Gasteiger partial charge in [0.25, 0.3) is 5.56 Å². The Balaban J connectivity index is 2.14. The van der Waals surface area contributed by atoms with E-state index in [2.05, 4.69) is 15.0 Å². The zero-order valence-electron chi connectivity index (χ0n) is 10.6. The van der Waals surface area contributed by atoms with Crippen molar-refractivity contribution in [2.24, 2.45) is 0 Å². The van der Waals surface area contributed by atoms with Crippen LogP contribution < -0.4 is 5.56 Å². The van der Waals surface area contributed by atoms with Crippen molar-refractivity contribution in [3.63, 3.8) is 0 Å². The first kappa shape index (κ1) is 12.6. The SMILES string of the molecule is Cc1ccc(-c2c(O)nc(-c3nccs3)[nH]c2=O)cc1. The van der Waals surface area contributed by atoms with Gasteiger partial charge in [-0.2, -0.15) is 4.98 Å². The molecule has 0 aliphatic carbocycles. The summed E-state index contributed by atoms with van der Waals surface area (Å²) in [5.74, 6) is -0.0128. The molecule has 0 saturated heterocycles. The number of nitrogens with one attached hydrogen (secondary N) is 1. The standard InChI is InChI=1S/C14H11N3O2S/c1-8-2-4-9(5-3-8)10-12(18)16-11(17-13(10)19)14-15-6-7-20-14/h2-7H,1H3,(H2,16,17,18,19). The van der Waals surface area contributed by atoms with Gasteiger partial charge in [-0.3, -0.25) is 4.79 Å². The molecule has 2 aromatic heterocycles. The molecule has 2 N–H and O–H groups in total. The third kappa shape index (κ3) is 2.21. The summed E-state index contributed by atoms with van der Waals surface area (Å²) in [6, 6.07) is 7.32. The Hall–Kier alpha value is -2.47. The van der Waals surface area contributed by atoms with Crippen LogP contribution in [0.1, 0.15) is 5.56 Å². The van der Waals surface area contributed by atoms with Gasteiger partial charge in [0.1, 0.15) is 5.56 Å². The summed E-state index contributed by atoms with van der Waals surface area (Å²) in [5.41, 5.74) is 1.50. The second-order valence-corrected chi connectivity index (χ2v) is 5.21. The lowest BCUT2D eigenvalue weighted by atomic mass is 10.1. The highest BCUT2D eigenvalue weighted by Crippen LogP contribution is 2.26. The molecule has 5 nitrogen and oxygen atoms in total. The number of rotatable bonds is 2. The van der Waals surface area contributed by atoms with E-state index in [4.69, 9.17) is 0 Å². The van der Waals surface area contributed by atoms with Gasteiger partial charge in [0, 0.05) is 11.6 Å². The predicted molar refractivity (Wildman–Crippen MR) is 77.8 cm³/mol. The Morgan fingerprint density at radius 2 is 2.00 bits per heavy atom. The molecule has 0 fully saturated rings. The zero-order valence-corrected chi connectivity index (χ0v) is 11.4. The Kier molecular flexibility index (Phi) is 3.08. The van der Waals surface area contributed by atoms with Gasteiger partial charge in [0.2, 0.25) is 5.88 Å². The van der Waals surface area contributed by atoms with E-state index < -0.39 is 0 Å². The van der Waals surface area contributed by atoms with Gasteiger partial charge in [-0.05, 0) is 12.5 Å². The van der Waals surface area contributed by atoms with Gasteiger partial charge < -0.3 is 10.1 Å². The minimum absolute atomic E-state index is 0.172. The summed E-state index contributed by atoms with van der Waals surface area (Å²) in [6.07, 6.45) is 1.62. The molecule has 0 aliphatic heterocycles. The van der Waals surface area contributed by atoms with Crippen LogP contribution in [-0.4, -0.2) is 20.1 Å². The van der Waals surface area contributed by atoms with Gasteiger partial charge in [0.05, 0.1) is 0 Å². The number of aromatic amines is 1. The number of thiazole rings is 1. The van der Waals surface area contributed by atoms with Crippen molar-refractivity contribution in [3.05, 3.63) is 51.8 Å². The molecule has 1 aromatic carbocycles. The fourth-order valence-electron chi connectivity index (χ4n) is 1.88. The Bertz CT molecular complexity index is 792. The number of benzene rings is 1. The summed E-state index contributed by atoms with van der Waals surface area (Å²) in [5, 5.41) is 12.4. The lowest BCUT2D eigenvalue weighted by Crippen LogP contribution is -2.12. The molecule has 3 aromatic rings. The van der Waals surface area contributed by atoms with E-state index in [0.717, 1.165) is 5.56 Å². The van der Waals surface area contributed by atoms with Crippen LogP contribution in [0.25, 0.3) is 22.0 Å². The maximum atomic E-state index is 12.2. The van der Waals surface area contributed by atoms with Crippen molar-refractivity contribution in [1.82, 2.24) is 15.0 Å². The van der Waals surface area contributed by atoms with E-state index in [1.54, 1.807) is 23.7 Å². The molecule has 6 heteroatoms. The van der Waals surface area contributed by atoms with Gasteiger partial charge in [-0.15, -0.1) is 11.3 Å². The molecule has 0 unspecified atom stereocenters. The average Bonchev–Trinajstić information content (AvgIpc) is 2.94. The predicted octanol–water partition coefficient (Wildman–Crippen LogP) is 2.57. The largest absolute Gasteiger partial charge is 0.493 e. The molecule has 0 spiro atoms. The monoisotopic (exact) mass is 285 g/mol. The highest BCUT2D eigenvalue weighted by atomic mass is 32.1. The molecular formula is C14H11N3O2S. The normalized spacial score (nSPS) is 10.7. The molecule has 0 radical (unpaired) electrons. The topological polar surface area (TPSA) is 78.9 Å². The van der Waals surface area contributed by atoms with Gasteiger partial charge >= 0.3 is 0 Å². The first-order chi connectivity index (χ1) is 9.65. The summed E-state index contributed by atoms with van der Waals surface area (Å²) in [6.45, 7) is 1.96. The average molecular weight is 285 g/mol. The molecule has 0 aliphatic rings. The number of aryl methyl sites for hydroxylation is 1. The van der Waals surface area contributed by atoms with Crippen LogP contribution in [0.15, 0.2) is 40.6 Å². The minimum atomic E-state index is -0.383. The van der Waals surface area contributed by atoms with Crippen molar-refractivity contribution in [1.29, 1.82) is 0 Å². The summed E-state index contributed by atoms with van der Waals surface area (Å²) in [4.78, 5) is 22.9. The van der Waals surface area contributed by atoms with Crippen LogP contribution in [0.2, 0.25) is 0 Å². The zero-order chi connectivity index (χ0) is 14.1. The molecule has 3 rings (SSSR count). The van der Waals surface area contributed by atoms with E-state index >= 15 is 0 Å². The number of H-pyrrole nitrogens is 1. The van der Waals surface area contributed by atoms with Crippen LogP contribution in [-0.2, 0) is 0 Å². The van der Waals surface area contributed by atoms with E-state index in [1.807, 2.05) is 19.1 Å². The molecular weight excluding hydrogens is 274 g/mol. The lowest BCUT2D eigenvalue weighted by Gasteiger charge is -2.05. The fraction of sp³-hybridized carbons (Fsp3) is 0.0714. The maximum Gasteiger partial charge on any atom is 0.263 e. The van der Waals surface area contributed by atoms with Crippen LogP contribution in [0.3, 0.4) is 0 Å². The number of aromatic nitrogens is 3. The van der Waals surface area contributed by atoms with Crippen LogP contribution in [0.5, 0.6) is 5.88 Å². The smallest absolute Gasteiger partial charge is 0.263 e. The highest BCUT2D eigenvalue weighted by Gasteiger charge is 2.14. The van der Waals surface area contributed by atoms with Crippen molar-refractivity contribution in [3.8, 4) is 27.8 Å². The Labute approximate surface area is 118 Å². The quantitative estimate of drug-likeness (QED) is 0.758. The van der Waals surface area contributed by atoms with Crippen LogP contribution in [0, 0.1) is 6.92 Å². The number of hydrogen-bond acceptors (Lipinski definition) is 5. The van der Waals surface area contributed by atoms with Gasteiger partial charge in [-0.25, -0.2) is 4.98 Å². The highest BCUT2D eigenvalue weighted by molar-refractivity contribution is 7.12. The molecule has 0 saturated carbocycles. The Morgan fingerprint density at radius 1 is 1.25 bits per heavy atom. The first-order valence-corrected chi connectivity index (χ1v) is 6.83. The fourth-order valence-corrected chi connectivity index (χ4v) is 2.46. The van der Waals surface area contributed by atoms with E-state index in [-0.39, 0.29) is 22.8 Å². The minimum Gasteiger partial charge on any atom is -0.493 e. The van der Waals surface area contributed by atoms with E-state index in [1.165, 1.54) is 11.3 Å². The number of nitrogens with zero attached hydrogens (tertiary/aromatic N) is 2. The molecule has 2 heterocycles. The van der Waals surface area contributed by atoms with E-state index in [9.17, 15) is 9.90 Å². The summed E-state index contributed by atoms with van der Waals surface area (Å²) in [7, 11) is 0. The van der Waals surface area contributed by atoms with Crippen LogP contribution in [0.4, 0.5) is 0 Å². The Morgan fingerprint density at radius 3 is 2.60 bits per heavy atom. The van der Waals surface area contributed by atoms with Crippen LogP contribution >= 0.6 is 11.3 Å². The number of hydrogen-bond donors (Lipinski definition) is 2. The van der Waals surface area contributed by atoms with Gasteiger partial charge in [-0.1, -0.05) is 29.8 Å². The van der Waals surface area contributed by atoms with Crippen molar-refractivity contribution < 1.29 is 5.11 Å². The summed E-state index contributed by atoms with van der Waals surface area (Å²) >= 11 is 1.34. The second kappa shape index (κ2) is 4.90. The molecule has 0 atom stereocenters. The van der Waals surface area contributed by atoms with Crippen molar-refractivity contribution >= 4 is 11.3 Å². The first-order valence-electron chi connectivity index (χ1n) is 5.95. The molecule has 100 valence electrons. The van der Waals surface area contributed by atoms with Crippen molar-refractivity contribution in [2.45, 2.75) is 6.92 Å². The van der Waals surface area contributed by atoms with Crippen molar-refractivity contribution in [2.75, 3.05) is 0 Å². The second-order valence-electron chi connectivity index (χ2n) is 4.32. The maximum absolute atomic E-state index is 12.2. The third-order valence-corrected chi connectivity index (χ3v) is 3.66. The summed E-state index contributed by atoms with van der Waals surface area (Å²) < 4.78 is 0. The lowest BCUT2D eigenvalue weighted by molar-refractivity contribution is 0.454. The molecule has 20 heavy (non-hydrogen) atoms. The molecule has 0 amide bonds. The number of aromatic hydroxyl groups is 1. The third-order valence-electron chi connectivity index (χ3n) is 2.88. The molecule has 0 bridgehead atoms. The van der Waals surface area contributed by atoms with E-state index in [0.29, 0.717) is 10.6 Å². The van der Waals surface area contributed by atoms with Gasteiger partial charge in [0.15, 0.2) is 10.8 Å².